The number of carbonyl (C=O) groups excluding carboxylic acids is 1. The minimum Gasteiger partial charge on any atom is -0.483 e. The zero-order chi connectivity index (χ0) is 15.2. The fourth-order valence-electron chi connectivity index (χ4n) is 2.89. The monoisotopic (exact) mass is 291 g/mol. The average molecular weight is 291 g/mol. The summed E-state index contributed by atoms with van der Waals surface area (Å²) in [5.41, 5.74) is 1.99. The summed E-state index contributed by atoms with van der Waals surface area (Å²) < 4.78 is 5.67. The minimum atomic E-state index is -0.407. The predicted molar refractivity (Wildman–Crippen MR) is 82.3 cm³/mol. The topological polar surface area (TPSA) is 58.6 Å². The van der Waals surface area contributed by atoms with Gasteiger partial charge in [0.05, 0.1) is 6.10 Å². The molecule has 0 aliphatic heterocycles. The van der Waals surface area contributed by atoms with E-state index in [1.54, 1.807) is 0 Å². The van der Waals surface area contributed by atoms with Gasteiger partial charge in [-0.1, -0.05) is 25.5 Å². The van der Waals surface area contributed by atoms with Gasteiger partial charge in [0.25, 0.3) is 5.91 Å². The lowest BCUT2D eigenvalue weighted by Gasteiger charge is -2.23. The molecule has 2 N–H and O–H groups in total. The number of rotatable bonds is 6. The van der Waals surface area contributed by atoms with Gasteiger partial charge in [-0.05, 0) is 49.8 Å². The largest absolute Gasteiger partial charge is 0.483 e. The number of hydrogen-bond acceptors (Lipinski definition) is 3. The van der Waals surface area contributed by atoms with E-state index in [4.69, 9.17) is 4.74 Å². The van der Waals surface area contributed by atoms with Gasteiger partial charge in [-0.25, -0.2) is 0 Å². The normalized spacial score (nSPS) is 18.7. The lowest BCUT2D eigenvalue weighted by atomic mass is 9.89. The summed E-state index contributed by atoms with van der Waals surface area (Å²) in [6.45, 7) is 4.13. The molecule has 1 aromatic carbocycles. The summed E-state index contributed by atoms with van der Waals surface area (Å²) in [6, 6.07) is 5.87. The molecule has 0 fully saturated rings. The van der Waals surface area contributed by atoms with Gasteiger partial charge in [-0.2, -0.15) is 0 Å². The Morgan fingerprint density at radius 1 is 1.52 bits per heavy atom. The van der Waals surface area contributed by atoms with E-state index in [0.29, 0.717) is 0 Å². The van der Waals surface area contributed by atoms with Crippen LogP contribution >= 0.6 is 0 Å². The maximum Gasteiger partial charge on any atom is 0.258 e. The van der Waals surface area contributed by atoms with Crippen molar-refractivity contribution in [2.75, 3.05) is 6.61 Å². The van der Waals surface area contributed by atoms with Crippen LogP contribution in [0.15, 0.2) is 18.2 Å². The molecule has 0 radical (unpaired) electrons. The lowest BCUT2D eigenvalue weighted by molar-refractivity contribution is -0.123. The fraction of sp³-hybridized carbons (Fsp3) is 0.588. The summed E-state index contributed by atoms with van der Waals surface area (Å²) in [4.78, 5) is 11.8. The standard InChI is InChI=1S/C17H25NO3/c1-3-6-12(2)18-17(20)11-21-16-10-5-7-13-14(16)8-4-9-15(13)19/h5,7,10,12,15,19H,3-4,6,8-9,11H2,1-2H3,(H,18,20). The van der Waals surface area contributed by atoms with Gasteiger partial charge < -0.3 is 15.2 Å². The molecule has 4 nitrogen and oxygen atoms in total. The van der Waals surface area contributed by atoms with Crippen LogP contribution in [0.4, 0.5) is 0 Å². The molecule has 0 heterocycles. The summed E-state index contributed by atoms with van der Waals surface area (Å²) in [5, 5.41) is 12.9. The first-order valence-electron chi connectivity index (χ1n) is 7.83. The van der Waals surface area contributed by atoms with Crippen LogP contribution in [0, 0.1) is 0 Å². The Morgan fingerprint density at radius 2 is 2.33 bits per heavy atom. The molecule has 2 atom stereocenters. The van der Waals surface area contributed by atoms with Crippen LogP contribution in [0.1, 0.15) is 56.8 Å². The zero-order valence-corrected chi connectivity index (χ0v) is 12.9. The Bertz CT molecular complexity index is 487. The maximum absolute atomic E-state index is 11.8. The molecule has 116 valence electrons. The second-order valence-corrected chi connectivity index (χ2v) is 5.78. The third kappa shape index (κ3) is 4.21. The van der Waals surface area contributed by atoms with Gasteiger partial charge in [0.1, 0.15) is 5.75 Å². The van der Waals surface area contributed by atoms with E-state index in [9.17, 15) is 9.90 Å². The maximum atomic E-state index is 11.8. The number of nitrogens with one attached hydrogen (secondary N) is 1. The molecule has 1 amide bonds. The Morgan fingerprint density at radius 3 is 3.10 bits per heavy atom. The van der Waals surface area contributed by atoms with Crippen LogP contribution in [0.2, 0.25) is 0 Å². The van der Waals surface area contributed by atoms with E-state index in [1.165, 1.54) is 0 Å². The van der Waals surface area contributed by atoms with E-state index in [0.717, 1.165) is 49.0 Å². The number of hydrogen-bond donors (Lipinski definition) is 2. The van der Waals surface area contributed by atoms with Crippen LogP contribution in [0.25, 0.3) is 0 Å². The van der Waals surface area contributed by atoms with Crippen molar-refractivity contribution >= 4 is 5.91 Å². The summed E-state index contributed by atoms with van der Waals surface area (Å²) in [5.74, 6) is 0.634. The molecule has 21 heavy (non-hydrogen) atoms. The Balaban J connectivity index is 1.95. The molecule has 2 unspecified atom stereocenters. The smallest absolute Gasteiger partial charge is 0.258 e. The van der Waals surface area contributed by atoms with Crippen molar-refractivity contribution in [2.24, 2.45) is 0 Å². The Hall–Kier alpha value is -1.55. The van der Waals surface area contributed by atoms with E-state index in [-0.39, 0.29) is 18.6 Å². The van der Waals surface area contributed by atoms with Crippen LogP contribution in [-0.2, 0) is 11.2 Å². The SMILES string of the molecule is CCCC(C)NC(=O)COc1cccc2c1CCCC2O. The van der Waals surface area contributed by atoms with Gasteiger partial charge in [0.2, 0.25) is 0 Å². The van der Waals surface area contributed by atoms with Crippen molar-refractivity contribution in [2.45, 2.75) is 58.1 Å². The van der Waals surface area contributed by atoms with Crippen LogP contribution in [-0.4, -0.2) is 23.7 Å². The summed E-state index contributed by atoms with van der Waals surface area (Å²) in [7, 11) is 0. The molecule has 0 saturated heterocycles. The fourth-order valence-corrected chi connectivity index (χ4v) is 2.89. The summed E-state index contributed by atoms with van der Waals surface area (Å²) >= 11 is 0. The van der Waals surface area contributed by atoms with Crippen molar-refractivity contribution < 1.29 is 14.6 Å². The van der Waals surface area contributed by atoms with E-state index in [1.807, 2.05) is 25.1 Å². The highest BCUT2D eigenvalue weighted by molar-refractivity contribution is 5.77. The molecule has 0 spiro atoms. The molecule has 1 aliphatic carbocycles. The number of carbonyl (C=O) groups is 1. The zero-order valence-electron chi connectivity index (χ0n) is 12.9. The van der Waals surface area contributed by atoms with Crippen molar-refractivity contribution in [1.82, 2.24) is 5.32 Å². The molecule has 0 saturated carbocycles. The Labute approximate surface area is 126 Å². The number of benzene rings is 1. The van der Waals surface area contributed by atoms with Crippen molar-refractivity contribution in [3.63, 3.8) is 0 Å². The highest BCUT2D eigenvalue weighted by Gasteiger charge is 2.21. The molecular formula is C17H25NO3. The minimum absolute atomic E-state index is 0.0284. The molecule has 0 aromatic heterocycles. The number of fused-ring (bicyclic) bond motifs is 1. The second-order valence-electron chi connectivity index (χ2n) is 5.78. The Kier molecular flexibility index (Phi) is 5.62. The van der Waals surface area contributed by atoms with Gasteiger partial charge in [0.15, 0.2) is 6.61 Å². The first kappa shape index (κ1) is 15.8. The first-order chi connectivity index (χ1) is 10.1. The number of amides is 1. The third-order valence-corrected chi connectivity index (χ3v) is 3.92. The lowest BCUT2D eigenvalue weighted by Crippen LogP contribution is -2.36. The molecular weight excluding hydrogens is 266 g/mol. The number of aliphatic hydroxyl groups excluding tert-OH is 1. The highest BCUT2D eigenvalue weighted by Crippen LogP contribution is 2.35. The highest BCUT2D eigenvalue weighted by atomic mass is 16.5. The van der Waals surface area contributed by atoms with E-state index in [2.05, 4.69) is 12.2 Å². The second kappa shape index (κ2) is 7.46. The van der Waals surface area contributed by atoms with Crippen LogP contribution in [0.3, 0.4) is 0 Å². The molecule has 1 aliphatic rings. The van der Waals surface area contributed by atoms with Gasteiger partial charge in [0, 0.05) is 6.04 Å². The van der Waals surface area contributed by atoms with Gasteiger partial charge >= 0.3 is 0 Å². The molecule has 1 aromatic rings. The predicted octanol–water partition coefficient (Wildman–Crippen LogP) is 2.74. The van der Waals surface area contributed by atoms with Crippen molar-refractivity contribution in [3.05, 3.63) is 29.3 Å². The van der Waals surface area contributed by atoms with E-state index >= 15 is 0 Å². The third-order valence-electron chi connectivity index (χ3n) is 3.92. The van der Waals surface area contributed by atoms with Crippen molar-refractivity contribution in [1.29, 1.82) is 0 Å². The number of ether oxygens (including phenoxy) is 1. The van der Waals surface area contributed by atoms with Gasteiger partial charge in [-0.3, -0.25) is 4.79 Å². The van der Waals surface area contributed by atoms with Crippen LogP contribution in [0.5, 0.6) is 5.75 Å². The van der Waals surface area contributed by atoms with E-state index < -0.39 is 6.10 Å². The quantitative estimate of drug-likeness (QED) is 0.847. The molecule has 0 bridgehead atoms. The van der Waals surface area contributed by atoms with Crippen molar-refractivity contribution in [3.8, 4) is 5.75 Å². The van der Waals surface area contributed by atoms with Crippen LogP contribution < -0.4 is 10.1 Å². The summed E-state index contributed by atoms with van der Waals surface area (Å²) in [6.07, 6.45) is 4.26. The van der Waals surface area contributed by atoms with Gasteiger partial charge in [-0.15, -0.1) is 0 Å². The number of aliphatic hydroxyl groups is 1. The first-order valence-corrected chi connectivity index (χ1v) is 7.83. The average Bonchev–Trinajstić information content (AvgIpc) is 2.46. The molecule has 4 heteroatoms. The molecule has 2 rings (SSSR count).